The monoisotopic (exact) mass is 466 g/mol. The molecule has 31 heavy (non-hydrogen) atoms. The topological polar surface area (TPSA) is 34.1 Å². The van der Waals surface area contributed by atoms with Crippen LogP contribution in [-0.4, -0.2) is 11.6 Å². The summed E-state index contributed by atoms with van der Waals surface area (Å²) in [4.78, 5) is 34.7. The average Bonchev–Trinajstić information content (AvgIpc) is 3.69. The molecule has 0 amide bonds. The predicted molar refractivity (Wildman–Crippen MR) is 121 cm³/mol. The molecule has 3 heteroatoms. The van der Waals surface area contributed by atoms with Crippen LogP contribution in [0.15, 0.2) is 0 Å². The molecule has 8 unspecified atom stereocenters. The van der Waals surface area contributed by atoms with Gasteiger partial charge in [-0.1, -0.05) is 32.6 Å². The fourth-order valence-corrected chi connectivity index (χ4v) is 97.2. The van der Waals surface area contributed by atoms with E-state index in [-0.39, 0.29) is 8.63 Å². The van der Waals surface area contributed by atoms with Crippen LogP contribution in [0, 0.1) is 0 Å². The number of rotatable bonds is 16. The van der Waals surface area contributed by atoms with Gasteiger partial charge in [0.1, 0.15) is 0 Å². The van der Waals surface area contributed by atoms with Gasteiger partial charge in [-0.25, -0.2) is 0 Å². The Morgan fingerprint density at radius 2 is 1.00 bits per heavy atom. The molecule has 10 aliphatic rings. The van der Waals surface area contributed by atoms with E-state index in [1.807, 2.05) is 6.92 Å². The van der Waals surface area contributed by atoms with Crippen molar-refractivity contribution in [2.75, 3.05) is 0 Å². The van der Waals surface area contributed by atoms with Gasteiger partial charge in [0, 0.05) is 0 Å². The third-order valence-corrected chi connectivity index (χ3v) is 62.1. The van der Waals surface area contributed by atoms with Crippen molar-refractivity contribution in [2.24, 2.45) is 0 Å². The predicted octanol–water partition coefficient (Wildman–Crippen LogP) is 8.76. The summed E-state index contributed by atoms with van der Waals surface area (Å²) in [6.45, 7) is 0.473. The van der Waals surface area contributed by atoms with Gasteiger partial charge in [-0.15, -0.1) is 0 Å². The van der Waals surface area contributed by atoms with E-state index in [9.17, 15) is 9.59 Å². The fourth-order valence-electron chi connectivity index (χ4n) is 20.8. The third kappa shape index (κ3) is 0.362. The van der Waals surface area contributed by atoms with Crippen molar-refractivity contribution in [3.8, 4) is 0 Å². The summed E-state index contributed by atoms with van der Waals surface area (Å²) >= 11 is 0. The number of ketones is 2. The molecule has 0 radical (unpaired) electrons. The second-order valence-electron chi connectivity index (χ2n) is 15.7. The Morgan fingerprint density at radius 1 is 0.613 bits per heavy atom. The molecular weight excluding hydrogens is 424 g/mol. The van der Waals surface area contributed by atoms with Crippen molar-refractivity contribution < 1.29 is 16.1 Å². The van der Waals surface area contributed by atoms with Crippen LogP contribution in [-0.2, 0) is 16.1 Å². The van der Waals surface area contributed by atoms with Crippen molar-refractivity contribution in [1.29, 1.82) is 0 Å². The van der Waals surface area contributed by atoms with Crippen LogP contribution in [0.25, 0.3) is 0 Å². The Labute approximate surface area is 178 Å². The number of fused-ring (bicyclic) bond motifs is 10. The van der Waals surface area contributed by atoms with Crippen LogP contribution in [0.2, 0.25) is 47.2 Å². The number of carbonyl (C=O) groups is 2. The first-order valence-corrected chi connectivity index (χ1v) is 20.3. The second kappa shape index (κ2) is 2.44. The van der Waals surface area contributed by atoms with Crippen LogP contribution < -0.4 is 0 Å². The van der Waals surface area contributed by atoms with E-state index in [1.54, 1.807) is 0 Å². The molecule has 10 aliphatic heterocycles. The minimum absolute atomic E-state index is 0.264. The number of unbranched alkanes of at least 4 members (excludes halogenated alkanes) is 12. The van der Waals surface area contributed by atoms with E-state index in [0.717, 1.165) is 57.2 Å². The number of hydrogen-bond donors (Lipinski definition) is 0. The molecule has 8 atom stereocenters. The minimum atomic E-state index is -3.77. The molecule has 0 N–H and O–H groups in total. The van der Waals surface area contributed by atoms with Crippen molar-refractivity contribution in [3.05, 3.63) is 0 Å². The second-order valence-corrected chi connectivity index (χ2v) is 38.9. The van der Waals surface area contributed by atoms with Crippen LogP contribution in [0.3, 0.4) is 0 Å². The van der Waals surface area contributed by atoms with Gasteiger partial charge in [-0.2, -0.15) is 0 Å². The summed E-state index contributed by atoms with van der Waals surface area (Å²) in [7, 11) is 0. The molecule has 0 saturated carbocycles. The Hall–Kier alpha value is -0.141. The van der Waals surface area contributed by atoms with Gasteiger partial charge < -0.3 is 0 Å². The van der Waals surface area contributed by atoms with E-state index in [2.05, 4.69) is 6.92 Å². The molecule has 2 nitrogen and oxygen atoms in total. The first-order chi connectivity index (χ1) is 14.9. The van der Waals surface area contributed by atoms with Crippen LogP contribution >= 0.6 is 0 Å². The standard InChI is InChI=1S/C21H35O.C7H7O.Fe/c1-2-3-4-5-6-7-8-9-10-11-12-13-14-19-21(22)20-17-15-16-18-20;1-6(8)7-4-2-3-5-7;/h15-18H,2-14,19H2,1H3;2-5H,1H3;. The maximum atomic E-state index is 13.8. The van der Waals surface area contributed by atoms with E-state index < -0.39 is 6.51 Å². The Balaban J connectivity index is 0.733. The Morgan fingerprint density at radius 3 is 1.35 bits per heavy atom. The number of hydrogen-bond acceptors (Lipinski definition) is 2. The third-order valence-electron chi connectivity index (χ3n) is 19.3. The van der Waals surface area contributed by atoms with E-state index in [1.165, 1.54) is 77.0 Å². The van der Waals surface area contributed by atoms with Crippen LogP contribution in [0.4, 0.5) is 0 Å². The molecule has 0 aromatic heterocycles. The number of carbonyl (C=O) groups excluding carboxylic acids is 2. The van der Waals surface area contributed by atoms with Crippen molar-refractivity contribution in [2.45, 2.75) is 151 Å². The summed E-state index contributed by atoms with van der Waals surface area (Å²) in [6, 6.07) is 0. The molecule has 10 rings (SSSR count). The zero-order valence-electron chi connectivity index (χ0n) is 19.7. The summed E-state index contributed by atoms with van der Waals surface area (Å²) in [6.07, 6.45) is 18.8. The fraction of sp³-hybridized carbons (Fsp3) is 0.929. The summed E-state index contributed by atoms with van der Waals surface area (Å²) in [5, 5.41) is 0. The first-order valence-electron chi connectivity index (χ1n) is 14.1. The summed E-state index contributed by atoms with van der Waals surface area (Å²) in [5.74, 6) is 1.36. The molecular formula is C28H42FeO2. The zero-order valence-corrected chi connectivity index (χ0v) is 20.8. The van der Waals surface area contributed by atoms with Gasteiger partial charge in [0.15, 0.2) is 0 Å². The molecule has 10 fully saturated rings. The molecule has 0 bridgehead atoms. The van der Waals surface area contributed by atoms with Gasteiger partial charge >= 0.3 is 146 Å². The van der Waals surface area contributed by atoms with Gasteiger partial charge in [0.25, 0.3) is 0 Å². The Bertz CT molecular complexity index is 1320. The first kappa shape index (κ1) is 17.3. The molecule has 0 aliphatic carbocycles. The van der Waals surface area contributed by atoms with Crippen LogP contribution in [0.1, 0.15) is 104 Å². The van der Waals surface area contributed by atoms with E-state index in [4.69, 9.17) is 0 Å². The Kier molecular flexibility index (Phi) is 1.37. The van der Waals surface area contributed by atoms with Gasteiger partial charge in [-0.05, 0) is 0 Å². The molecule has 10 saturated heterocycles. The number of Topliss-reactive ketones (excluding diaryl/α,β-unsaturated/α-hetero) is 2. The van der Waals surface area contributed by atoms with E-state index >= 15 is 0 Å². The summed E-state index contributed by atoms with van der Waals surface area (Å²) in [5.41, 5.74) is 0. The van der Waals surface area contributed by atoms with Gasteiger partial charge in [0.05, 0.1) is 0 Å². The molecule has 10 heterocycles. The van der Waals surface area contributed by atoms with Gasteiger partial charge in [-0.3, -0.25) is 0 Å². The zero-order chi connectivity index (χ0) is 21.0. The molecule has 1 spiro atoms. The van der Waals surface area contributed by atoms with Crippen molar-refractivity contribution in [1.82, 2.24) is 0 Å². The SMILES string of the molecule is CCCCCCCCCCCCCCCC(=O)[C]12[CH]3[CH]4[CH]5[CH]1[Fe]45321678[CH]2[CH]1[CH]6[C]7(C(C)=O)[CH]28. The van der Waals surface area contributed by atoms with Crippen LogP contribution in [0.5, 0.6) is 0 Å². The normalized spacial score (nSPS) is 73.0. The van der Waals surface area contributed by atoms with Gasteiger partial charge in [0.2, 0.25) is 0 Å². The van der Waals surface area contributed by atoms with Crippen molar-refractivity contribution >= 4 is 11.6 Å². The maximum absolute atomic E-state index is 13.8. The molecule has 174 valence electrons. The van der Waals surface area contributed by atoms with E-state index in [0.29, 0.717) is 5.78 Å². The van der Waals surface area contributed by atoms with Crippen molar-refractivity contribution in [3.63, 3.8) is 0 Å². The average molecular weight is 466 g/mol. The summed E-state index contributed by atoms with van der Waals surface area (Å²) < 4.78 is 0.539. The molecule has 0 aromatic rings. The molecule has 0 aromatic carbocycles. The quantitative estimate of drug-likeness (QED) is 0.168.